The van der Waals surface area contributed by atoms with E-state index >= 15 is 0 Å². The van der Waals surface area contributed by atoms with Crippen molar-refractivity contribution in [2.45, 2.75) is 57.8 Å². The van der Waals surface area contributed by atoms with Crippen molar-refractivity contribution in [3.8, 4) is 0 Å². The van der Waals surface area contributed by atoms with E-state index in [0.29, 0.717) is 18.8 Å². The zero-order valence-electron chi connectivity index (χ0n) is 16.4. The second kappa shape index (κ2) is 9.48. The molecule has 0 radical (unpaired) electrons. The highest BCUT2D eigenvalue weighted by Gasteiger charge is 2.27. The number of urea groups is 1. The molecule has 1 aromatic carbocycles. The van der Waals surface area contributed by atoms with Gasteiger partial charge in [0, 0.05) is 31.8 Å². The molecule has 150 valence electrons. The Hall–Kier alpha value is -2.70. The molecule has 7 heteroatoms. The van der Waals surface area contributed by atoms with E-state index in [4.69, 9.17) is 0 Å². The minimum Gasteiger partial charge on any atom is -0.303 e. The number of nitrogens with zero attached hydrogens (tertiary/aromatic N) is 3. The van der Waals surface area contributed by atoms with Gasteiger partial charge >= 0.3 is 6.03 Å². The molecule has 0 aliphatic carbocycles. The van der Waals surface area contributed by atoms with Gasteiger partial charge in [-0.1, -0.05) is 31.7 Å². The molecule has 2 heterocycles. The van der Waals surface area contributed by atoms with Gasteiger partial charge in [0.05, 0.1) is 5.52 Å². The Bertz CT molecular complexity index is 859. The van der Waals surface area contributed by atoms with Crippen molar-refractivity contribution in [1.29, 1.82) is 0 Å². The van der Waals surface area contributed by atoms with Crippen LogP contribution in [0.4, 0.5) is 10.6 Å². The predicted octanol–water partition coefficient (Wildman–Crippen LogP) is 3.49. The van der Waals surface area contributed by atoms with Gasteiger partial charge in [-0.2, -0.15) is 5.10 Å². The molecule has 0 atom stereocenters. The smallest absolute Gasteiger partial charge is 0.303 e. The number of hydrogen-bond acceptors (Lipinski definition) is 4. The van der Waals surface area contributed by atoms with Gasteiger partial charge in [-0.15, -0.1) is 0 Å². The largest absolute Gasteiger partial charge is 0.329 e. The van der Waals surface area contributed by atoms with Crippen LogP contribution in [-0.2, 0) is 23.1 Å². The molecule has 1 saturated heterocycles. The van der Waals surface area contributed by atoms with E-state index < -0.39 is 6.03 Å². The van der Waals surface area contributed by atoms with Crippen molar-refractivity contribution in [2.75, 3.05) is 11.4 Å². The molecular weight excluding hydrogens is 356 g/mol. The minimum atomic E-state index is -0.409. The Kier molecular flexibility index (Phi) is 6.79. The summed E-state index contributed by atoms with van der Waals surface area (Å²) >= 11 is 0. The number of hydrogen-bond donors (Lipinski definition) is 1. The molecule has 7 nitrogen and oxygen atoms in total. The third-order valence-electron chi connectivity index (χ3n) is 5.24. The van der Waals surface area contributed by atoms with E-state index in [1.54, 1.807) is 4.68 Å². The lowest BCUT2D eigenvalue weighted by molar-refractivity contribution is -0.120. The van der Waals surface area contributed by atoms with E-state index in [9.17, 15) is 14.4 Å². The van der Waals surface area contributed by atoms with Gasteiger partial charge in [-0.05, 0) is 37.0 Å². The summed E-state index contributed by atoms with van der Waals surface area (Å²) < 4.78 is 1.80. The van der Waals surface area contributed by atoms with Crippen molar-refractivity contribution in [1.82, 2.24) is 15.1 Å². The summed E-state index contributed by atoms with van der Waals surface area (Å²) in [7, 11) is 1.88. The molecule has 3 rings (SSSR count). The fraction of sp³-hybridized carbons (Fsp3) is 0.524. The number of aldehydes is 1. The second-order valence-electron chi connectivity index (χ2n) is 7.38. The number of anilines is 1. The summed E-state index contributed by atoms with van der Waals surface area (Å²) in [6.45, 7) is 0.353. The van der Waals surface area contributed by atoms with Crippen LogP contribution in [-0.4, -0.2) is 34.5 Å². The molecular formula is C21H28N4O3. The fourth-order valence-corrected chi connectivity index (χ4v) is 3.67. The third-order valence-corrected chi connectivity index (χ3v) is 5.24. The lowest BCUT2D eigenvalue weighted by Crippen LogP contribution is -2.49. The van der Waals surface area contributed by atoms with Crippen LogP contribution in [0.2, 0.25) is 0 Å². The molecule has 1 aliphatic rings. The van der Waals surface area contributed by atoms with E-state index in [-0.39, 0.29) is 12.3 Å². The Balaban J connectivity index is 1.58. The number of benzene rings is 1. The van der Waals surface area contributed by atoms with Crippen LogP contribution >= 0.6 is 0 Å². The van der Waals surface area contributed by atoms with Gasteiger partial charge in [0.2, 0.25) is 5.91 Å². The standard InChI is InChI=1S/C21H28N4O3/c1-24-18-15-16(9-7-5-3-2-4-6-8-14-26)10-11-17(18)20(23-24)25-13-12-19(27)22-21(25)28/h10-11,14-15H,2-9,12-13H2,1H3,(H,22,27,28). The number of amides is 3. The number of carbonyl (C=O) groups is 3. The van der Waals surface area contributed by atoms with Gasteiger partial charge in [0.1, 0.15) is 6.29 Å². The average molecular weight is 384 g/mol. The first-order valence-corrected chi connectivity index (χ1v) is 10.1. The quantitative estimate of drug-likeness (QED) is 0.502. The molecule has 28 heavy (non-hydrogen) atoms. The van der Waals surface area contributed by atoms with Crippen molar-refractivity contribution in [2.24, 2.45) is 7.05 Å². The Morgan fingerprint density at radius 2 is 1.86 bits per heavy atom. The molecule has 0 saturated carbocycles. The normalized spacial score (nSPS) is 14.5. The summed E-state index contributed by atoms with van der Waals surface area (Å²) in [6, 6.07) is 5.86. The summed E-state index contributed by atoms with van der Waals surface area (Å²) in [4.78, 5) is 35.3. The highest BCUT2D eigenvalue weighted by atomic mass is 16.2. The predicted molar refractivity (Wildman–Crippen MR) is 108 cm³/mol. The minimum absolute atomic E-state index is 0.243. The molecule has 1 aromatic heterocycles. The van der Waals surface area contributed by atoms with Crippen LogP contribution in [0.3, 0.4) is 0 Å². The van der Waals surface area contributed by atoms with Crippen molar-refractivity contribution in [3.63, 3.8) is 0 Å². The number of carbonyl (C=O) groups excluding carboxylic acids is 3. The number of imide groups is 1. The number of unbranched alkanes of at least 4 members (excludes halogenated alkanes) is 6. The molecule has 1 fully saturated rings. The molecule has 1 N–H and O–H groups in total. The summed E-state index contributed by atoms with van der Waals surface area (Å²) in [6.07, 6.45) is 9.86. The van der Waals surface area contributed by atoms with Crippen LogP contribution in [0.1, 0.15) is 56.9 Å². The molecule has 0 spiro atoms. The van der Waals surface area contributed by atoms with Gasteiger partial charge < -0.3 is 4.79 Å². The first-order valence-electron chi connectivity index (χ1n) is 10.1. The Morgan fingerprint density at radius 3 is 2.61 bits per heavy atom. The summed E-state index contributed by atoms with van der Waals surface area (Å²) in [5, 5.41) is 7.79. The topological polar surface area (TPSA) is 84.3 Å². The highest BCUT2D eigenvalue weighted by Crippen LogP contribution is 2.28. The van der Waals surface area contributed by atoms with Gasteiger partial charge in [0.15, 0.2) is 5.82 Å². The molecule has 0 unspecified atom stereocenters. The lowest BCUT2D eigenvalue weighted by Gasteiger charge is -2.24. The zero-order chi connectivity index (χ0) is 19.9. The second-order valence-corrected chi connectivity index (χ2v) is 7.38. The zero-order valence-corrected chi connectivity index (χ0v) is 16.4. The average Bonchev–Trinajstić information content (AvgIpc) is 3.00. The van der Waals surface area contributed by atoms with E-state index in [2.05, 4.69) is 22.5 Å². The van der Waals surface area contributed by atoms with Gasteiger partial charge in [-0.3, -0.25) is 19.7 Å². The van der Waals surface area contributed by atoms with Gasteiger partial charge in [-0.25, -0.2) is 4.79 Å². The van der Waals surface area contributed by atoms with Crippen molar-refractivity contribution < 1.29 is 14.4 Å². The first-order chi connectivity index (χ1) is 13.6. The van der Waals surface area contributed by atoms with Crippen molar-refractivity contribution in [3.05, 3.63) is 23.8 Å². The number of aromatic nitrogens is 2. The number of nitrogens with one attached hydrogen (secondary N) is 1. The molecule has 0 bridgehead atoms. The summed E-state index contributed by atoms with van der Waals surface area (Å²) in [5.74, 6) is 0.358. The van der Waals surface area contributed by atoms with Crippen LogP contribution < -0.4 is 10.2 Å². The molecule has 2 aromatic rings. The SMILES string of the molecule is Cn1nc(N2CCC(=O)NC2=O)c2ccc(CCCCCCCCC=O)cc21. The number of fused-ring (bicyclic) bond motifs is 1. The molecule has 1 aliphatic heterocycles. The lowest BCUT2D eigenvalue weighted by atomic mass is 10.0. The van der Waals surface area contributed by atoms with Crippen LogP contribution in [0.25, 0.3) is 10.9 Å². The van der Waals surface area contributed by atoms with E-state index in [1.165, 1.54) is 29.7 Å². The maximum Gasteiger partial charge on any atom is 0.329 e. The van der Waals surface area contributed by atoms with Crippen LogP contribution in [0.5, 0.6) is 0 Å². The van der Waals surface area contributed by atoms with Gasteiger partial charge in [0.25, 0.3) is 0 Å². The Labute approximate surface area is 165 Å². The first kappa shape index (κ1) is 20.0. The van der Waals surface area contributed by atoms with Crippen LogP contribution in [0.15, 0.2) is 18.2 Å². The van der Waals surface area contributed by atoms with E-state index in [1.807, 2.05) is 13.1 Å². The fourth-order valence-electron chi connectivity index (χ4n) is 3.67. The third kappa shape index (κ3) is 4.77. The van der Waals surface area contributed by atoms with Crippen molar-refractivity contribution >= 4 is 34.9 Å². The van der Waals surface area contributed by atoms with E-state index in [0.717, 1.165) is 42.9 Å². The number of aryl methyl sites for hydroxylation is 2. The van der Waals surface area contributed by atoms with Crippen LogP contribution in [0, 0.1) is 0 Å². The number of rotatable bonds is 10. The maximum atomic E-state index is 12.1. The maximum absolute atomic E-state index is 12.1. The highest BCUT2D eigenvalue weighted by molar-refractivity contribution is 6.08. The summed E-state index contributed by atoms with van der Waals surface area (Å²) in [5.41, 5.74) is 2.26. The molecule has 3 amide bonds. The Morgan fingerprint density at radius 1 is 1.11 bits per heavy atom. The monoisotopic (exact) mass is 384 g/mol.